The number of halogens is 1. The number of hydrogen-bond donors (Lipinski definition) is 1. The highest BCUT2D eigenvalue weighted by Crippen LogP contribution is 2.30. The monoisotopic (exact) mass is 409 g/mol. The molecule has 3 nitrogen and oxygen atoms in total. The molecule has 0 bridgehead atoms. The summed E-state index contributed by atoms with van der Waals surface area (Å²) in [5.74, 6) is 1.68. The standard InChI is InChI=1S/C22H31NO2S.ClH/c1-2-24-22-15-18(16-23-19-9-6-4-3-5-7-10-19)12-13-21(22)25-17-20-11-8-14-26-20;/h8,11-15,19,23H,2-7,9-10,16-17H2,1H3;1H. The van der Waals surface area contributed by atoms with E-state index in [9.17, 15) is 0 Å². The molecule has 0 saturated heterocycles. The topological polar surface area (TPSA) is 30.5 Å². The second-order valence-corrected chi connectivity index (χ2v) is 8.04. The molecule has 1 aromatic carbocycles. The van der Waals surface area contributed by atoms with Crippen molar-refractivity contribution >= 4 is 23.7 Å². The molecular formula is C22H32ClNO2S. The normalized spacial score (nSPS) is 15.4. The van der Waals surface area contributed by atoms with Gasteiger partial charge in [0.25, 0.3) is 0 Å². The van der Waals surface area contributed by atoms with Crippen LogP contribution < -0.4 is 14.8 Å². The van der Waals surface area contributed by atoms with Crippen LogP contribution in [0.15, 0.2) is 35.7 Å². The first kappa shape index (κ1) is 22.1. The highest BCUT2D eigenvalue weighted by Gasteiger charge is 2.12. The number of hydrogen-bond acceptors (Lipinski definition) is 4. The van der Waals surface area contributed by atoms with Gasteiger partial charge >= 0.3 is 0 Å². The second-order valence-electron chi connectivity index (χ2n) is 7.01. The zero-order chi connectivity index (χ0) is 18.0. The Morgan fingerprint density at radius 3 is 2.48 bits per heavy atom. The van der Waals surface area contributed by atoms with Gasteiger partial charge in [-0.2, -0.15) is 0 Å². The van der Waals surface area contributed by atoms with Crippen molar-refractivity contribution < 1.29 is 9.47 Å². The van der Waals surface area contributed by atoms with Crippen LogP contribution in [0.1, 0.15) is 62.3 Å². The average Bonchev–Trinajstić information content (AvgIpc) is 3.14. The third-order valence-electron chi connectivity index (χ3n) is 4.96. The van der Waals surface area contributed by atoms with E-state index in [1.807, 2.05) is 13.0 Å². The molecule has 1 aliphatic carbocycles. The molecule has 0 spiro atoms. The highest BCUT2D eigenvalue weighted by atomic mass is 35.5. The maximum Gasteiger partial charge on any atom is 0.161 e. The first-order valence-corrected chi connectivity index (χ1v) is 10.9. The molecule has 1 heterocycles. The van der Waals surface area contributed by atoms with Crippen LogP contribution in [0.25, 0.3) is 0 Å². The summed E-state index contributed by atoms with van der Waals surface area (Å²) in [4.78, 5) is 1.22. The lowest BCUT2D eigenvalue weighted by molar-refractivity contribution is 0.271. The van der Waals surface area contributed by atoms with Gasteiger partial charge in [0, 0.05) is 17.5 Å². The SMILES string of the molecule is CCOc1cc(CNC2CCCCCCC2)ccc1OCc1cccs1.Cl. The van der Waals surface area contributed by atoms with Crippen LogP contribution in [0.2, 0.25) is 0 Å². The lowest BCUT2D eigenvalue weighted by atomic mass is 9.96. The maximum absolute atomic E-state index is 5.98. The molecule has 0 radical (unpaired) electrons. The van der Waals surface area contributed by atoms with Crippen molar-refractivity contribution in [1.82, 2.24) is 5.32 Å². The molecule has 1 fully saturated rings. The van der Waals surface area contributed by atoms with Gasteiger partial charge in [-0.1, -0.05) is 44.2 Å². The zero-order valence-electron chi connectivity index (χ0n) is 16.2. The van der Waals surface area contributed by atoms with E-state index in [-0.39, 0.29) is 12.4 Å². The lowest BCUT2D eigenvalue weighted by Crippen LogP contribution is -2.29. The first-order valence-electron chi connectivity index (χ1n) is 9.99. The summed E-state index contributed by atoms with van der Waals surface area (Å²) in [5.41, 5.74) is 1.26. The molecular weight excluding hydrogens is 378 g/mol. The van der Waals surface area contributed by atoms with E-state index in [0.29, 0.717) is 19.3 Å². The van der Waals surface area contributed by atoms with Crippen molar-refractivity contribution in [2.24, 2.45) is 0 Å². The Morgan fingerprint density at radius 2 is 1.78 bits per heavy atom. The van der Waals surface area contributed by atoms with Crippen LogP contribution in [-0.2, 0) is 13.2 Å². The van der Waals surface area contributed by atoms with Crippen molar-refractivity contribution in [3.8, 4) is 11.5 Å². The molecule has 0 amide bonds. The Balaban J connectivity index is 0.00000261. The fourth-order valence-electron chi connectivity index (χ4n) is 3.52. The summed E-state index contributed by atoms with van der Waals surface area (Å²) >= 11 is 1.72. The summed E-state index contributed by atoms with van der Waals surface area (Å²) in [6.45, 7) is 4.16. The first-order chi connectivity index (χ1) is 12.8. The predicted octanol–water partition coefficient (Wildman–Crippen LogP) is 6.35. The largest absolute Gasteiger partial charge is 0.490 e. The van der Waals surface area contributed by atoms with Gasteiger partial charge in [-0.25, -0.2) is 0 Å². The van der Waals surface area contributed by atoms with Crippen molar-refractivity contribution in [1.29, 1.82) is 0 Å². The van der Waals surface area contributed by atoms with Gasteiger partial charge in [0.2, 0.25) is 0 Å². The van der Waals surface area contributed by atoms with Crippen LogP contribution in [-0.4, -0.2) is 12.6 Å². The summed E-state index contributed by atoms with van der Waals surface area (Å²) in [6.07, 6.45) is 9.53. The van der Waals surface area contributed by atoms with Crippen molar-refractivity contribution in [2.45, 2.75) is 71.1 Å². The molecule has 1 aliphatic rings. The van der Waals surface area contributed by atoms with E-state index < -0.39 is 0 Å². The van der Waals surface area contributed by atoms with Crippen LogP contribution in [0.5, 0.6) is 11.5 Å². The second kappa shape index (κ2) is 12.3. The van der Waals surface area contributed by atoms with E-state index in [1.165, 1.54) is 55.4 Å². The molecule has 0 unspecified atom stereocenters. The molecule has 2 aromatic rings. The minimum absolute atomic E-state index is 0. The Kier molecular flexibility index (Phi) is 10.0. The van der Waals surface area contributed by atoms with Crippen LogP contribution in [0, 0.1) is 0 Å². The van der Waals surface area contributed by atoms with E-state index in [2.05, 4.69) is 35.0 Å². The molecule has 1 aromatic heterocycles. The Hall–Kier alpha value is -1.23. The minimum Gasteiger partial charge on any atom is -0.490 e. The summed E-state index contributed by atoms with van der Waals surface area (Å²) < 4.78 is 11.8. The number of nitrogens with one attached hydrogen (secondary N) is 1. The molecule has 150 valence electrons. The maximum atomic E-state index is 5.98. The van der Waals surface area contributed by atoms with Gasteiger partial charge in [0.1, 0.15) is 6.61 Å². The molecule has 1 N–H and O–H groups in total. The van der Waals surface area contributed by atoms with Crippen LogP contribution >= 0.6 is 23.7 Å². The van der Waals surface area contributed by atoms with E-state index in [4.69, 9.17) is 9.47 Å². The predicted molar refractivity (Wildman–Crippen MR) is 116 cm³/mol. The Bertz CT molecular complexity index is 640. The lowest BCUT2D eigenvalue weighted by Gasteiger charge is -2.21. The van der Waals surface area contributed by atoms with E-state index in [1.54, 1.807) is 11.3 Å². The van der Waals surface area contributed by atoms with E-state index >= 15 is 0 Å². The van der Waals surface area contributed by atoms with Gasteiger partial charge in [0.05, 0.1) is 6.61 Å². The molecule has 27 heavy (non-hydrogen) atoms. The quantitative estimate of drug-likeness (QED) is 0.550. The van der Waals surface area contributed by atoms with Crippen molar-refractivity contribution in [3.05, 3.63) is 46.2 Å². The van der Waals surface area contributed by atoms with Crippen molar-refractivity contribution in [2.75, 3.05) is 6.61 Å². The van der Waals surface area contributed by atoms with Gasteiger partial charge in [-0.05, 0) is 48.9 Å². The number of rotatable bonds is 8. The van der Waals surface area contributed by atoms with Crippen LogP contribution in [0.4, 0.5) is 0 Å². The van der Waals surface area contributed by atoms with Gasteiger partial charge in [-0.3, -0.25) is 0 Å². The number of benzene rings is 1. The van der Waals surface area contributed by atoms with Crippen LogP contribution in [0.3, 0.4) is 0 Å². The zero-order valence-corrected chi connectivity index (χ0v) is 17.9. The third kappa shape index (κ3) is 7.36. The number of ether oxygens (including phenoxy) is 2. The van der Waals surface area contributed by atoms with Gasteiger partial charge in [0.15, 0.2) is 11.5 Å². The molecule has 0 aliphatic heterocycles. The Morgan fingerprint density at radius 1 is 1.00 bits per heavy atom. The minimum atomic E-state index is 0. The smallest absolute Gasteiger partial charge is 0.161 e. The third-order valence-corrected chi connectivity index (χ3v) is 5.81. The summed E-state index contributed by atoms with van der Waals surface area (Å²) in [7, 11) is 0. The van der Waals surface area contributed by atoms with Gasteiger partial charge in [-0.15, -0.1) is 23.7 Å². The fourth-order valence-corrected chi connectivity index (χ4v) is 4.13. The van der Waals surface area contributed by atoms with Gasteiger partial charge < -0.3 is 14.8 Å². The number of thiophene rings is 1. The Labute approximate surface area is 173 Å². The molecule has 3 rings (SSSR count). The van der Waals surface area contributed by atoms with Crippen molar-refractivity contribution in [3.63, 3.8) is 0 Å². The molecule has 0 atom stereocenters. The molecule has 5 heteroatoms. The highest BCUT2D eigenvalue weighted by molar-refractivity contribution is 7.09. The van der Waals surface area contributed by atoms with E-state index in [0.717, 1.165) is 18.0 Å². The summed E-state index contributed by atoms with van der Waals surface area (Å²) in [6, 6.07) is 11.1. The summed E-state index contributed by atoms with van der Waals surface area (Å²) in [5, 5.41) is 5.83. The average molecular weight is 410 g/mol. The fraction of sp³-hybridized carbons (Fsp3) is 0.545. The molecule has 1 saturated carbocycles.